The summed E-state index contributed by atoms with van der Waals surface area (Å²) in [6, 6.07) is 13.5. The molecule has 0 unspecified atom stereocenters. The van der Waals surface area contributed by atoms with Crippen LogP contribution in [0.5, 0.6) is 11.5 Å². The fourth-order valence-electron chi connectivity index (χ4n) is 3.62. The average Bonchev–Trinajstić information content (AvgIpc) is 3.33. The lowest BCUT2D eigenvalue weighted by molar-refractivity contribution is 0.0779. The number of para-hydroxylation sites is 1. The maximum Gasteiger partial charge on any atom is 0.348 e. The third kappa shape index (κ3) is 3.64. The van der Waals surface area contributed by atoms with Crippen LogP contribution in [0.1, 0.15) is 21.6 Å². The Morgan fingerprint density at radius 3 is 2.56 bits per heavy atom. The number of phenolic OH excluding ortho intramolecular Hbond substituents is 2. The molecule has 0 radical (unpaired) electrons. The minimum atomic E-state index is -0.490. The van der Waals surface area contributed by atoms with Crippen molar-refractivity contribution in [2.24, 2.45) is 7.05 Å². The smallest absolute Gasteiger partial charge is 0.348 e. The number of benzene rings is 2. The molecule has 4 rings (SSSR count). The van der Waals surface area contributed by atoms with E-state index in [9.17, 15) is 19.8 Å². The quantitative estimate of drug-likeness (QED) is 0.447. The van der Waals surface area contributed by atoms with Crippen molar-refractivity contribution in [3.8, 4) is 28.6 Å². The molecule has 164 valence electrons. The SMILES string of the molecule is Cc1ccccc1-n1c(-c2cc(C(=O)N(C)Cc3cccn3C)c(O)cc2O)n[nH]c1=O. The molecule has 9 nitrogen and oxygen atoms in total. The number of hydrogen-bond acceptors (Lipinski definition) is 5. The predicted molar refractivity (Wildman–Crippen MR) is 119 cm³/mol. The Hall–Kier alpha value is -4.27. The summed E-state index contributed by atoms with van der Waals surface area (Å²) in [6.07, 6.45) is 1.88. The molecule has 0 spiro atoms. The van der Waals surface area contributed by atoms with E-state index in [1.165, 1.54) is 15.5 Å². The molecule has 0 saturated heterocycles. The van der Waals surface area contributed by atoms with Gasteiger partial charge in [0.15, 0.2) is 5.82 Å². The second kappa shape index (κ2) is 8.10. The number of aromatic nitrogens is 4. The number of aromatic hydroxyl groups is 2. The zero-order valence-electron chi connectivity index (χ0n) is 17.9. The van der Waals surface area contributed by atoms with Crippen molar-refractivity contribution in [1.29, 1.82) is 0 Å². The molecule has 1 amide bonds. The maximum atomic E-state index is 13.1. The molecule has 0 aliphatic rings. The van der Waals surface area contributed by atoms with E-state index in [1.54, 1.807) is 19.2 Å². The van der Waals surface area contributed by atoms with Gasteiger partial charge in [0.1, 0.15) is 11.5 Å². The fraction of sp³-hybridized carbons (Fsp3) is 0.174. The first-order valence-electron chi connectivity index (χ1n) is 9.93. The third-order valence-corrected chi connectivity index (χ3v) is 5.41. The molecule has 2 aromatic carbocycles. The third-order valence-electron chi connectivity index (χ3n) is 5.41. The van der Waals surface area contributed by atoms with Crippen molar-refractivity contribution in [2.75, 3.05) is 7.05 Å². The Kier molecular flexibility index (Phi) is 5.31. The first-order chi connectivity index (χ1) is 15.3. The number of carbonyl (C=O) groups is 1. The van der Waals surface area contributed by atoms with Crippen LogP contribution in [-0.2, 0) is 13.6 Å². The average molecular weight is 433 g/mol. The van der Waals surface area contributed by atoms with Gasteiger partial charge in [-0.2, -0.15) is 5.10 Å². The Morgan fingerprint density at radius 2 is 1.88 bits per heavy atom. The van der Waals surface area contributed by atoms with Crippen LogP contribution in [0.4, 0.5) is 0 Å². The van der Waals surface area contributed by atoms with Crippen LogP contribution in [0.15, 0.2) is 59.5 Å². The van der Waals surface area contributed by atoms with Crippen LogP contribution >= 0.6 is 0 Å². The van der Waals surface area contributed by atoms with E-state index in [-0.39, 0.29) is 28.5 Å². The second-order valence-electron chi connectivity index (χ2n) is 7.63. The highest BCUT2D eigenvalue weighted by Crippen LogP contribution is 2.35. The minimum Gasteiger partial charge on any atom is -0.507 e. The van der Waals surface area contributed by atoms with Crippen molar-refractivity contribution in [3.63, 3.8) is 0 Å². The number of carbonyl (C=O) groups excluding carboxylic acids is 1. The van der Waals surface area contributed by atoms with E-state index >= 15 is 0 Å². The molecule has 0 bridgehead atoms. The van der Waals surface area contributed by atoms with Gasteiger partial charge in [0.2, 0.25) is 0 Å². The summed E-state index contributed by atoms with van der Waals surface area (Å²) in [4.78, 5) is 27.1. The number of H-pyrrole nitrogens is 1. The van der Waals surface area contributed by atoms with Crippen molar-refractivity contribution in [3.05, 3.63) is 82.0 Å². The van der Waals surface area contributed by atoms with Gasteiger partial charge in [-0.1, -0.05) is 18.2 Å². The van der Waals surface area contributed by atoms with Gasteiger partial charge < -0.3 is 19.7 Å². The minimum absolute atomic E-state index is 0.0127. The molecular formula is C23H23N5O4. The highest BCUT2D eigenvalue weighted by molar-refractivity contribution is 5.98. The van der Waals surface area contributed by atoms with Crippen molar-refractivity contribution < 1.29 is 15.0 Å². The highest BCUT2D eigenvalue weighted by atomic mass is 16.3. The van der Waals surface area contributed by atoms with Crippen LogP contribution in [0.2, 0.25) is 0 Å². The summed E-state index contributed by atoms with van der Waals surface area (Å²) < 4.78 is 3.22. The van der Waals surface area contributed by atoms with Crippen LogP contribution in [0, 0.1) is 6.92 Å². The molecule has 4 aromatic rings. The normalized spacial score (nSPS) is 11.0. The number of phenols is 2. The van der Waals surface area contributed by atoms with E-state index in [0.717, 1.165) is 17.3 Å². The first kappa shape index (κ1) is 21.0. The molecular weight excluding hydrogens is 410 g/mol. The number of rotatable bonds is 5. The van der Waals surface area contributed by atoms with Crippen LogP contribution in [0.3, 0.4) is 0 Å². The summed E-state index contributed by atoms with van der Waals surface area (Å²) in [5, 5.41) is 27.4. The number of amides is 1. The lowest BCUT2D eigenvalue weighted by Gasteiger charge is -2.19. The largest absolute Gasteiger partial charge is 0.507 e. The number of nitrogens with zero attached hydrogens (tertiary/aromatic N) is 4. The number of hydrogen-bond donors (Lipinski definition) is 3. The zero-order chi connectivity index (χ0) is 23.0. The molecule has 9 heteroatoms. The summed E-state index contributed by atoms with van der Waals surface area (Å²) in [5.41, 5.74) is 1.97. The predicted octanol–water partition coefficient (Wildman–Crippen LogP) is 2.56. The lowest BCUT2D eigenvalue weighted by atomic mass is 10.1. The molecule has 0 aliphatic heterocycles. The van der Waals surface area contributed by atoms with Gasteiger partial charge in [-0.25, -0.2) is 14.5 Å². The molecule has 2 aromatic heterocycles. The number of nitrogens with one attached hydrogen (secondary N) is 1. The Bertz CT molecular complexity index is 1360. The lowest BCUT2D eigenvalue weighted by Crippen LogP contribution is -2.27. The zero-order valence-corrected chi connectivity index (χ0v) is 17.9. The summed E-state index contributed by atoms with van der Waals surface area (Å²) in [7, 11) is 3.51. The van der Waals surface area contributed by atoms with Gasteiger partial charge in [0.25, 0.3) is 5.91 Å². The summed E-state index contributed by atoms with van der Waals surface area (Å²) in [5.74, 6) is -0.987. The van der Waals surface area contributed by atoms with Gasteiger partial charge in [-0.05, 0) is 36.8 Å². The Balaban J connectivity index is 1.78. The second-order valence-corrected chi connectivity index (χ2v) is 7.63. The molecule has 0 atom stereocenters. The van der Waals surface area contributed by atoms with E-state index in [0.29, 0.717) is 12.2 Å². The van der Waals surface area contributed by atoms with Crippen LogP contribution < -0.4 is 5.69 Å². The summed E-state index contributed by atoms with van der Waals surface area (Å²) >= 11 is 0. The monoisotopic (exact) mass is 433 g/mol. The Labute approximate surface area is 183 Å². The van der Waals surface area contributed by atoms with Gasteiger partial charge in [0, 0.05) is 32.1 Å². The van der Waals surface area contributed by atoms with Crippen molar-refractivity contribution in [2.45, 2.75) is 13.5 Å². The topological polar surface area (TPSA) is 116 Å². The molecule has 3 N–H and O–H groups in total. The maximum absolute atomic E-state index is 13.1. The van der Waals surface area contributed by atoms with Crippen LogP contribution in [-0.4, -0.2) is 47.4 Å². The van der Waals surface area contributed by atoms with Crippen molar-refractivity contribution >= 4 is 5.91 Å². The van der Waals surface area contributed by atoms with E-state index < -0.39 is 11.6 Å². The van der Waals surface area contributed by atoms with E-state index in [1.807, 2.05) is 49.0 Å². The standard InChI is InChI=1S/C23H23N5O4/c1-14-7-4-5-9-18(14)28-21(24-25-23(28)32)16-11-17(20(30)12-19(16)29)22(31)27(3)13-15-8-6-10-26(15)2/h4-12,29-30H,13H2,1-3H3,(H,25,32). The first-order valence-corrected chi connectivity index (χ1v) is 9.93. The Morgan fingerprint density at radius 1 is 1.12 bits per heavy atom. The fourth-order valence-corrected chi connectivity index (χ4v) is 3.62. The van der Waals surface area contributed by atoms with Gasteiger partial charge in [0.05, 0.1) is 23.4 Å². The highest BCUT2D eigenvalue weighted by Gasteiger charge is 2.23. The molecule has 2 heterocycles. The molecule has 0 aliphatic carbocycles. The molecule has 32 heavy (non-hydrogen) atoms. The van der Waals surface area contributed by atoms with E-state index in [4.69, 9.17) is 0 Å². The molecule has 0 fully saturated rings. The summed E-state index contributed by atoms with van der Waals surface area (Å²) in [6.45, 7) is 2.18. The van der Waals surface area contributed by atoms with Crippen LogP contribution in [0.25, 0.3) is 17.1 Å². The molecule has 0 saturated carbocycles. The van der Waals surface area contributed by atoms with Crippen molar-refractivity contribution in [1.82, 2.24) is 24.2 Å². The van der Waals surface area contributed by atoms with Gasteiger partial charge >= 0.3 is 5.69 Å². The van der Waals surface area contributed by atoms with E-state index in [2.05, 4.69) is 10.2 Å². The number of aromatic amines is 1. The van der Waals surface area contributed by atoms with Gasteiger partial charge in [-0.3, -0.25) is 4.79 Å². The van der Waals surface area contributed by atoms with Gasteiger partial charge in [-0.15, -0.1) is 0 Å². The number of aryl methyl sites for hydroxylation is 2.